The van der Waals surface area contributed by atoms with Gasteiger partial charge in [0.15, 0.2) is 0 Å². The van der Waals surface area contributed by atoms with E-state index in [1.165, 1.54) is 5.56 Å². The van der Waals surface area contributed by atoms with E-state index in [-0.39, 0.29) is 12.4 Å². The lowest BCUT2D eigenvalue weighted by Gasteiger charge is -1.98. The summed E-state index contributed by atoms with van der Waals surface area (Å²) in [6.07, 6.45) is 1.99. The van der Waals surface area contributed by atoms with Gasteiger partial charge in [0, 0.05) is 6.54 Å². The summed E-state index contributed by atoms with van der Waals surface area (Å²) < 4.78 is 0. The van der Waals surface area contributed by atoms with Crippen LogP contribution in [0, 0.1) is 0 Å². The summed E-state index contributed by atoms with van der Waals surface area (Å²) in [5.41, 5.74) is 3.46. The maximum atomic E-state index is 8.29. The smallest absolute Gasteiger partial charge is 0.0210 e. The van der Waals surface area contributed by atoms with E-state index in [0.29, 0.717) is 6.54 Å². The molecule has 0 saturated carbocycles. The van der Waals surface area contributed by atoms with Gasteiger partial charge in [-0.25, -0.2) is 5.48 Å². The highest BCUT2D eigenvalue weighted by Crippen LogP contribution is 2.00. The number of halogens is 1. The number of benzene rings is 1. The number of hydroxylamine groups is 1. The Bertz CT molecular complexity index is 191. The van der Waals surface area contributed by atoms with Gasteiger partial charge in [0.05, 0.1) is 0 Å². The van der Waals surface area contributed by atoms with Crippen molar-refractivity contribution in [2.75, 3.05) is 6.54 Å². The molecule has 1 aromatic rings. The van der Waals surface area contributed by atoms with E-state index in [9.17, 15) is 0 Å². The normalized spacial score (nSPS) is 9.08. The average molecular weight is 188 g/mol. The Morgan fingerprint density at radius 3 is 2.42 bits per heavy atom. The van der Waals surface area contributed by atoms with Gasteiger partial charge in [-0.05, 0) is 18.4 Å². The van der Waals surface area contributed by atoms with Gasteiger partial charge in [-0.1, -0.05) is 30.3 Å². The molecule has 0 atom stereocenters. The van der Waals surface area contributed by atoms with Gasteiger partial charge in [-0.15, -0.1) is 12.4 Å². The highest BCUT2D eigenvalue weighted by molar-refractivity contribution is 5.85. The second kappa shape index (κ2) is 7.10. The van der Waals surface area contributed by atoms with Crippen molar-refractivity contribution in [2.24, 2.45) is 0 Å². The van der Waals surface area contributed by atoms with Crippen molar-refractivity contribution in [3.8, 4) is 0 Å². The summed E-state index contributed by atoms with van der Waals surface area (Å²) in [6, 6.07) is 10.3. The fourth-order valence-corrected chi connectivity index (χ4v) is 1.02. The van der Waals surface area contributed by atoms with Crippen molar-refractivity contribution < 1.29 is 5.21 Å². The van der Waals surface area contributed by atoms with E-state index in [2.05, 4.69) is 17.6 Å². The van der Waals surface area contributed by atoms with E-state index in [4.69, 9.17) is 5.21 Å². The zero-order valence-electron chi connectivity index (χ0n) is 6.86. The molecule has 3 heteroatoms. The van der Waals surface area contributed by atoms with E-state index in [1.807, 2.05) is 18.2 Å². The van der Waals surface area contributed by atoms with Crippen LogP contribution in [0.15, 0.2) is 30.3 Å². The molecule has 1 aromatic carbocycles. The molecule has 1 rings (SSSR count). The van der Waals surface area contributed by atoms with Crippen LogP contribution in [0.5, 0.6) is 0 Å². The second-order valence-electron chi connectivity index (χ2n) is 2.50. The Hall–Kier alpha value is -0.570. The van der Waals surface area contributed by atoms with Crippen LogP contribution in [0.1, 0.15) is 12.0 Å². The number of aryl methyl sites for hydroxylation is 1. The third kappa shape index (κ3) is 4.34. The lowest BCUT2D eigenvalue weighted by molar-refractivity contribution is 0.166. The standard InChI is InChI=1S/C9H13NO.ClH/c11-10-8-4-7-9-5-2-1-3-6-9;/h1-3,5-6,10-11H,4,7-8H2;1H. The van der Waals surface area contributed by atoms with Crippen molar-refractivity contribution in [1.29, 1.82) is 0 Å². The largest absolute Gasteiger partial charge is 0.317 e. The lowest BCUT2D eigenvalue weighted by Crippen LogP contribution is -2.09. The molecule has 2 N–H and O–H groups in total. The molecular weight excluding hydrogens is 174 g/mol. The Morgan fingerprint density at radius 1 is 1.17 bits per heavy atom. The van der Waals surface area contributed by atoms with Crippen molar-refractivity contribution in [3.05, 3.63) is 35.9 Å². The zero-order chi connectivity index (χ0) is 7.94. The van der Waals surface area contributed by atoms with E-state index in [0.717, 1.165) is 12.8 Å². The predicted octanol–water partition coefficient (Wildman–Crippen LogP) is 2.02. The molecule has 0 aromatic heterocycles. The fraction of sp³-hybridized carbons (Fsp3) is 0.333. The zero-order valence-corrected chi connectivity index (χ0v) is 7.68. The molecule has 0 saturated heterocycles. The molecule has 0 radical (unpaired) electrons. The Labute approximate surface area is 79.0 Å². The maximum absolute atomic E-state index is 8.29. The molecule has 0 amide bonds. The average Bonchev–Trinajstić information content (AvgIpc) is 2.07. The topological polar surface area (TPSA) is 32.3 Å². The van der Waals surface area contributed by atoms with Crippen LogP contribution in [-0.4, -0.2) is 11.8 Å². The summed E-state index contributed by atoms with van der Waals surface area (Å²) in [6.45, 7) is 0.662. The number of rotatable bonds is 4. The number of hydrogen-bond acceptors (Lipinski definition) is 2. The highest BCUT2D eigenvalue weighted by Gasteiger charge is 1.89. The summed E-state index contributed by atoms with van der Waals surface area (Å²) in [7, 11) is 0. The summed E-state index contributed by atoms with van der Waals surface area (Å²) >= 11 is 0. The van der Waals surface area contributed by atoms with E-state index < -0.39 is 0 Å². The van der Waals surface area contributed by atoms with Crippen LogP contribution in [0.2, 0.25) is 0 Å². The molecule has 0 unspecified atom stereocenters. The SMILES string of the molecule is Cl.ONCCCc1ccccc1. The summed E-state index contributed by atoms with van der Waals surface area (Å²) in [5.74, 6) is 0. The van der Waals surface area contributed by atoms with Crippen LogP contribution in [0.3, 0.4) is 0 Å². The van der Waals surface area contributed by atoms with E-state index in [1.54, 1.807) is 0 Å². The first kappa shape index (κ1) is 11.4. The van der Waals surface area contributed by atoms with Crippen molar-refractivity contribution in [3.63, 3.8) is 0 Å². The van der Waals surface area contributed by atoms with Crippen LogP contribution in [0.4, 0.5) is 0 Å². The first-order valence-corrected chi connectivity index (χ1v) is 3.84. The molecule has 0 aliphatic heterocycles. The molecular formula is C9H14ClNO. The van der Waals surface area contributed by atoms with Gasteiger partial charge < -0.3 is 5.21 Å². The first-order chi connectivity index (χ1) is 5.43. The minimum atomic E-state index is 0. The molecule has 12 heavy (non-hydrogen) atoms. The third-order valence-corrected chi connectivity index (χ3v) is 1.60. The quantitative estimate of drug-likeness (QED) is 0.559. The molecule has 68 valence electrons. The van der Waals surface area contributed by atoms with Gasteiger partial charge >= 0.3 is 0 Å². The van der Waals surface area contributed by atoms with Gasteiger partial charge in [0.1, 0.15) is 0 Å². The van der Waals surface area contributed by atoms with Gasteiger partial charge in [-0.2, -0.15) is 0 Å². The van der Waals surface area contributed by atoms with Crippen molar-refractivity contribution >= 4 is 12.4 Å². The monoisotopic (exact) mass is 187 g/mol. The van der Waals surface area contributed by atoms with E-state index >= 15 is 0 Å². The van der Waals surface area contributed by atoms with Crippen LogP contribution >= 0.6 is 12.4 Å². The number of nitrogens with one attached hydrogen (secondary N) is 1. The molecule has 2 nitrogen and oxygen atoms in total. The molecule has 0 aliphatic carbocycles. The minimum Gasteiger partial charge on any atom is -0.317 e. The van der Waals surface area contributed by atoms with Crippen LogP contribution < -0.4 is 5.48 Å². The van der Waals surface area contributed by atoms with Gasteiger partial charge in [0.2, 0.25) is 0 Å². The maximum Gasteiger partial charge on any atom is 0.0210 e. The fourth-order valence-electron chi connectivity index (χ4n) is 1.02. The molecule has 0 bridgehead atoms. The summed E-state index contributed by atoms with van der Waals surface area (Å²) in [5, 5.41) is 8.29. The van der Waals surface area contributed by atoms with Crippen LogP contribution in [-0.2, 0) is 6.42 Å². The Kier molecular flexibility index (Phi) is 6.76. The third-order valence-electron chi connectivity index (χ3n) is 1.60. The summed E-state index contributed by atoms with van der Waals surface area (Å²) in [4.78, 5) is 0. The number of hydrogen-bond donors (Lipinski definition) is 2. The highest BCUT2D eigenvalue weighted by atomic mass is 35.5. The van der Waals surface area contributed by atoms with Crippen LogP contribution in [0.25, 0.3) is 0 Å². The Balaban J connectivity index is 0.00000121. The molecule has 0 aliphatic rings. The Morgan fingerprint density at radius 2 is 1.83 bits per heavy atom. The lowest BCUT2D eigenvalue weighted by atomic mass is 10.1. The van der Waals surface area contributed by atoms with Gasteiger partial charge in [-0.3, -0.25) is 0 Å². The first-order valence-electron chi connectivity index (χ1n) is 3.84. The predicted molar refractivity (Wildman–Crippen MR) is 51.8 cm³/mol. The molecule has 0 heterocycles. The molecule has 0 fully saturated rings. The second-order valence-corrected chi connectivity index (χ2v) is 2.50. The van der Waals surface area contributed by atoms with Gasteiger partial charge in [0.25, 0.3) is 0 Å². The molecule has 0 spiro atoms. The van der Waals surface area contributed by atoms with Crippen molar-refractivity contribution in [1.82, 2.24) is 5.48 Å². The minimum absolute atomic E-state index is 0. The van der Waals surface area contributed by atoms with Crippen molar-refractivity contribution in [2.45, 2.75) is 12.8 Å².